The van der Waals surface area contributed by atoms with Gasteiger partial charge in [-0.3, -0.25) is 0 Å². The molecule has 0 saturated heterocycles. The quantitative estimate of drug-likeness (QED) is 0.723. The largest absolute Gasteiger partial charge is 0.396 e. The second-order valence-electron chi connectivity index (χ2n) is 5.63. The lowest BCUT2D eigenvalue weighted by Crippen LogP contribution is -2.14. The van der Waals surface area contributed by atoms with E-state index in [1.54, 1.807) is 0 Å². The Hall–Kier alpha value is -1.32. The SMILES string of the molecule is CC(C)n1cc(CNCCCCCO)c2ccccc21. The molecule has 1 heterocycles. The predicted octanol–water partition coefficient (Wildman–Crippen LogP) is 3.47. The fourth-order valence-electron chi connectivity index (χ4n) is 2.61. The lowest BCUT2D eigenvalue weighted by Gasteiger charge is -2.08. The second kappa shape index (κ2) is 7.46. The fraction of sp³-hybridized carbons (Fsp3) is 0.529. The lowest BCUT2D eigenvalue weighted by molar-refractivity contribution is 0.283. The van der Waals surface area contributed by atoms with Crippen molar-refractivity contribution in [2.45, 2.75) is 45.7 Å². The van der Waals surface area contributed by atoms with Crippen molar-refractivity contribution in [2.24, 2.45) is 0 Å². The minimum Gasteiger partial charge on any atom is -0.396 e. The van der Waals surface area contributed by atoms with Crippen LogP contribution < -0.4 is 5.32 Å². The average molecular weight is 274 g/mol. The molecule has 0 bridgehead atoms. The van der Waals surface area contributed by atoms with Crippen molar-refractivity contribution in [2.75, 3.05) is 13.2 Å². The van der Waals surface area contributed by atoms with Gasteiger partial charge in [0.15, 0.2) is 0 Å². The molecule has 0 saturated carbocycles. The van der Waals surface area contributed by atoms with Crippen LogP contribution in [0.25, 0.3) is 10.9 Å². The average Bonchev–Trinajstić information content (AvgIpc) is 2.82. The molecule has 0 radical (unpaired) electrons. The van der Waals surface area contributed by atoms with Gasteiger partial charge in [0.1, 0.15) is 0 Å². The molecular formula is C17H26N2O. The van der Waals surface area contributed by atoms with Gasteiger partial charge in [0.05, 0.1) is 0 Å². The summed E-state index contributed by atoms with van der Waals surface area (Å²) in [5.74, 6) is 0. The summed E-state index contributed by atoms with van der Waals surface area (Å²) in [6.07, 6.45) is 5.41. The van der Waals surface area contributed by atoms with Gasteiger partial charge >= 0.3 is 0 Å². The molecule has 2 N–H and O–H groups in total. The highest BCUT2D eigenvalue weighted by Crippen LogP contribution is 2.24. The number of aliphatic hydroxyl groups is 1. The smallest absolute Gasteiger partial charge is 0.0486 e. The summed E-state index contributed by atoms with van der Waals surface area (Å²) in [4.78, 5) is 0. The number of nitrogens with one attached hydrogen (secondary N) is 1. The normalized spacial score (nSPS) is 11.6. The van der Waals surface area contributed by atoms with Crippen molar-refractivity contribution >= 4 is 10.9 Å². The summed E-state index contributed by atoms with van der Waals surface area (Å²) in [6, 6.07) is 9.10. The zero-order valence-corrected chi connectivity index (χ0v) is 12.6. The van der Waals surface area contributed by atoms with Gasteiger partial charge in [0, 0.05) is 36.3 Å². The fourth-order valence-corrected chi connectivity index (χ4v) is 2.61. The van der Waals surface area contributed by atoms with Crippen molar-refractivity contribution in [1.29, 1.82) is 0 Å². The van der Waals surface area contributed by atoms with Crippen LogP contribution in [0.4, 0.5) is 0 Å². The predicted molar refractivity (Wildman–Crippen MR) is 85.0 cm³/mol. The summed E-state index contributed by atoms with van der Waals surface area (Å²) < 4.78 is 2.35. The van der Waals surface area contributed by atoms with Crippen LogP contribution in [-0.2, 0) is 6.54 Å². The molecule has 0 aliphatic rings. The number of benzene rings is 1. The molecule has 110 valence electrons. The van der Waals surface area contributed by atoms with Gasteiger partial charge in [-0.05, 0) is 51.3 Å². The van der Waals surface area contributed by atoms with E-state index in [4.69, 9.17) is 5.11 Å². The summed E-state index contributed by atoms with van der Waals surface area (Å²) in [5, 5.41) is 13.6. The van der Waals surface area contributed by atoms with Crippen LogP contribution in [-0.4, -0.2) is 22.8 Å². The first-order valence-corrected chi connectivity index (χ1v) is 7.64. The van der Waals surface area contributed by atoms with Crippen LogP contribution in [0.15, 0.2) is 30.5 Å². The molecule has 3 heteroatoms. The lowest BCUT2D eigenvalue weighted by atomic mass is 10.1. The molecule has 0 amide bonds. The molecule has 0 aliphatic heterocycles. The van der Waals surface area contributed by atoms with Crippen molar-refractivity contribution in [3.05, 3.63) is 36.0 Å². The summed E-state index contributed by atoms with van der Waals surface area (Å²) in [6.45, 7) is 6.68. The van der Waals surface area contributed by atoms with E-state index in [0.717, 1.165) is 32.4 Å². The molecule has 2 aromatic rings. The Morgan fingerprint density at radius 1 is 1.15 bits per heavy atom. The third kappa shape index (κ3) is 3.62. The number of hydrogen-bond acceptors (Lipinski definition) is 2. The van der Waals surface area contributed by atoms with E-state index < -0.39 is 0 Å². The van der Waals surface area contributed by atoms with Crippen LogP contribution in [0.5, 0.6) is 0 Å². The van der Waals surface area contributed by atoms with Crippen LogP contribution >= 0.6 is 0 Å². The Kier molecular flexibility index (Phi) is 5.62. The molecule has 0 spiro atoms. The van der Waals surface area contributed by atoms with Gasteiger partial charge in [-0.1, -0.05) is 18.2 Å². The van der Waals surface area contributed by atoms with E-state index in [-0.39, 0.29) is 0 Å². The van der Waals surface area contributed by atoms with Gasteiger partial charge in [-0.15, -0.1) is 0 Å². The molecule has 0 unspecified atom stereocenters. The first kappa shape index (κ1) is 15.1. The summed E-state index contributed by atoms with van der Waals surface area (Å²) >= 11 is 0. The molecule has 20 heavy (non-hydrogen) atoms. The first-order valence-electron chi connectivity index (χ1n) is 7.64. The Morgan fingerprint density at radius 3 is 2.70 bits per heavy atom. The van der Waals surface area contributed by atoms with E-state index in [9.17, 15) is 0 Å². The molecule has 1 aromatic heterocycles. The molecule has 2 rings (SSSR count). The highest BCUT2D eigenvalue weighted by Gasteiger charge is 2.09. The monoisotopic (exact) mass is 274 g/mol. The minimum atomic E-state index is 0.307. The summed E-state index contributed by atoms with van der Waals surface area (Å²) in [7, 11) is 0. The highest BCUT2D eigenvalue weighted by atomic mass is 16.2. The zero-order chi connectivity index (χ0) is 14.4. The maximum absolute atomic E-state index is 8.75. The number of unbranched alkanes of at least 4 members (excludes halogenated alkanes) is 2. The van der Waals surface area contributed by atoms with Gasteiger partial charge < -0.3 is 15.0 Å². The van der Waals surface area contributed by atoms with Crippen LogP contribution in [0, 0.1) is 0 Å². The number of fused-ring (bicyclic) bond motifs is 1. The maximum atomic E-state index is 8.75. The Balaban J connectivity index is 1.99. The Bertz CT molecular complexity index is 531. The standard InChI is InChI=1S/C17H26N2O/c1-14(2)19-13-15(12-18-10-6-3-7-11-20)16-8-4-5-9-17(16)19/h4-5,8-9,13-14,18,20H,3,6-7,10-12H2,1-2H3. The van der Waals surface area contributed by atoms with Crippen molar-refractivity contribution in [3.8, 4) is 0 Å². The van der Waals surface area contributed by atoms with E-state index in [1.807, 2.05) is 0 Å². The minimum absolute atomic E-state index is 0.307. The third-order valence-electron chi connectivity index (χ3n) is 3.71. The van der Waals surface area contributed by atoms with Gasteiger partial charge in [-0.25, -0.2) is 0 Å². The van der Waals surface area contributed by atoms with E-state index in [1.165, 1.54) is 16.5 Å². The van der Waals surface area contributed by atoms with Crippen LogP contribution in [0.3, 0.4) is 0 Å². The number of para-hydroxylation sites is 1. The number of rotatable bonds is 8. The number of aromatic nitrogens is 1. The van der Waals surface area contributed by atoms with E-state index in [0.29, 0.717) is 12.6 Å². The van der Waals surface area contributed by atoms with Gasteiger partial charge in [0.25, 0.3) is 0 Å². The molecule has 0 fully saturated rings. The highest BCUT2D eigenvalue weighted by molar-refractivity contribution is 5.84. The molecule has 0 aliphatic carbocycles. The summed E-state index contributed by atoms with van der Waals surface area (Å²) in [5.41, 5.74) is 2.69. The number of nitrogens with zero attached hydrogens (tertiary/aromatic N) is 1. The molecule has 0 atom stereocenters. The van der Waals surface area contributed by atoms with Crippen molar-refractivity contribution < 1.29 is 5.11 Å². The van der Waals surface area contributed by atoms with E-state index in [2.05, 4.69) is 54.2 Å². The van der Waals surface area contributed by atoms with Gasteiger partial charge in [-0.2, -0.15) is 0 Å². The first-order chi connectivity index (χ1) is 9.74. The van der Waals surface area contributed by atoms with Crippen molar-refractivity contribution in [3.63, 3.8) is 0 Å². The van der Waals surface area contributed by atoms with Crippen LogP contribution in [0.2, 0.25) is 0 Å². The van der Waals surface area contributed by atoms with Gasteiger partial charge in [0.2, 0.25) is 0 Å². The van der Waals surface area contributed by atoms with E-state index >= 15 is 0 Å². The second-order valence-corrected chi connectivity index (χ2v) is 5.63. The maximum Gasteiger partial charge on any atom is 0.0486 e. The Labute approximate surface area is 121 Å². The zero-order valence-electron chi connectivity index (χ0n) is 12.6. The van der Waals surface area contributed by atoms with Crippen LogP contribution in [0.1, 0.15) is 44.7 Å². The topological polar surface area (TPSA) is 37.2 Å². The molecular weight excluding hydrogens is 248 g/mol. The molecule has 1 aromatic carbocycles. The number of aliphatic hydroxyl groups excluding tert-OH is 1. The number of hydrogen-bond donors (Lipinski definition) is 2. The molecule has 3 nitrogen and oxygen atoms in total. The third-order valence-corrected chi connectivity index (χ3v) is 3.71. The van der Waals surface area contributed by atoms with Crippen molar-refractivity contribution in [1.82, 2.24) is 9.88 Å². The Morgan fingerprint density at radius 2 is 1.95 bits per heavy atom.